The van der Waals surface area contributed by atoms with E-state index in [1.54, 1.807) is 25.2 Å². The second-order valence-electron chi connectivity index (χ2n) is 8.78. The minimum absolute atomic E-state index is 0.0299. The normalized spacial score (nSPS) is 14.0. The number of aromatic nitrogens is 4. The molecule has 12 heteroatoms. The molecular weight excluding hydrogens is 546 g/mol. The van der Waals surface area contributed by atoms with Crippen molar-refractivity contribution >= 4 is 22.5 Å². The average molecular weight is 563 g/mol. The molecular formula is C27H17ClF6N4O. The standard InChI is InChI=1S/C27H17ClF6N4O/c1-38-14-35-13-21(38)25(39,17-8-10-20(36-12-17)26(29,30)31)16-7-9-19-18(11-16)23(28)22(15-5-3-2-4-6-15)24(37-19)27(32,33)34/h2-14,39H,1H3. The van der Waals surface area contributed by atoms with E-state index in [2.05, 4.69) is 15.0 Å². The molecule has 0 saturated heterocycles. The van der Waals surface area contributed by atoms with Crippen molar-refractivity contribution in [2.75, 3.05) is 0 Å². The van der Waals surface area contributed by atoms with E-state index >= 15 is 0 Å². The van der Waals surface area contributed by atoms with Gasteiger partial charge in [0.15, 0.2) is 11.3 Å². The molecule has 0 radical (unpaired) electrons. The summed E-state index contributed by atoms with van der Waals surface area (Å²) in [6.45, 7) is 0. The summed E-state index contributed by atoms with van der Waals surface area (Å²) in [6, 6.07) is 13.5. The summed E-state index contributed by atoms with van der Waals surface area (Å²) in [5, 5.41) is 11.9. The Morgan fingerprint density at radius 2 is 1.54 bits per heavy atom. The number of aliphatic hydroxyl groups is 1. The van der Waals surface area contributed by atoms with Crippen LogP contribution >= 0.6 is 11.6 Å². The Kier molecular flexibility index (Phi) is 6.39. The maximum Gasteiger partial charge on any atom is 0.434 e. The Bertz CT molecular complexity index is 1670. The highest BCUT2D eigenvalue weighted by atomic mass is 35.5. The van der Waals surface area contributed by atoms with E-state index in [1.165, 1.54) is 47.4 Å². The number of fused-ring (bicyclic) bond motifs is 1. The van der Waals surface area contributed by atoms with Crippen LogP contribution in [0.5, 0.6) is 0 Å². The number of hydrogen-bond donors (Lipinski definition) is 1. The van der Waals surface area contributed by atoms with Crippen molar-refractivity contribution < 1.29 is 31.4 Å². The molecule has 0 aliphatic carbocycles. The molecule has 200 valence electrons. The number of hydrogen-bond acceptors (Lipinski definition) is 4. The monoisotopic (exact) mass is 562 g/mol. The van der Waals surface area contributed by atoms with Crippen molar-refractivity contribution in [1.29, 1.82) is 0 Å². The Morgan fingerprint density at radius 1 is 0.846 bits per heavy atom. The summed E-state index contributed by atoms with van der Waals surface area (Å²) >= 11 is 6.61. The molecule has 3 heterocycles. The molecule has 0 saturated carbocycles. The molecule has 0 spiro atoms. The smallest absolute Gasteiger partial charge is 0.374 e. The zero-order chi connectivity index (χ0) is 28.2. The first-order valence-electron chi connectivity index (χ1n) is 11.3. The topological polar surface area (TPSA) is 63.8 Å². The number of alkyl halides is 6. The van der Waals surface area contributed by atoms with Crippen LogP contribution in [0.3, 0.4) is 0 Å². The fourth-order valence-electron chi connectivity index (χ4n) is 4.47. The van der Waals surface area contributed by atoms with Crippen molar-refractivity contribution in [3.05, 3.63) is 113 Å². The van der Waals surface area contributed by atoms with Crippen molar-refractivity contribution in [2.45, 2.75) is 18.0 Å². The van der Waals surface area contributed by atoms with Crippen LogP contribution in [0.25, 0.3) is 22.0 Å². The first-order valence-corrected chi connectivity index (χ1v) is 11.7. The SMILES string of the molecule is Cn1cncc1C(O)(c1ccc(C(F)(F)F)nc1)c1ccc2nc(C(F)(F)F)c(-c3ccccc3)c(Cl)c2c1. The van der Waals surface area contributed by atoms with Crippen LogP contribution < -0.4 is 0 Å². The van der Waals surface area contributed by atoms with Gasteiger partial charge < -0.3 is 9.67 Å². The molecule has 1 unspecified atom stereocenters. The number of aryl methyl sites for hydroxylation is 1. The minimum Gasteiger partial charge on any atom is -0.374 e. The molecule has 0 amide bonds. The van der Waals surface area contributed by atoms with Gasteiger partial charge in [-0.25, -0.2) is 9.97 Å². The van der Waals surface area contributed by atoms with Gasteiger partial charge in [0.1, 0.15) is 5.69 Å². The van der Waals surface area contributed by atoms with Gasteiger partial charge in [-0.2, -0.15) is 26.3 Å². The molecule has 0 aliphatic rings. The molecule has 5 rings (SSSR count). The van der Waals surface area contributed by atoms with Crippen molar-refractivity contribution in [3.63, 3.8) is 0 Å². The summed E-state index contributed by atoms with van der Waals surface area (Å²) in [5.41, 5.74) is -4.44. The Labute approximate surface area is 222 Å². The van der Waals surface area contributed by atoms with Gasteiger partial charge in [-0.05, 0) is 29.3 Å². The van der Waals surface area contributed by atoms with Crippen LogP contribution in [0.4, 0.5) is 26.3 Å². The van der Waals surface area contributed by atoms with Gasteiger partial charge in [-0.15, -0.1) is 0 Å². The van der Waals surface area contributed by atoms with Crippen LogP contribution in [0, 0.1) is 0 Å². The van der Waals surface area contributed by atoms with Gasteiger partial charge in [-0.1, -0.05) is 54.1 Å². The molecule has 1 N–H and O–H groups in total. The van der Waals surface area contributed by atoms with E-state index in [-0.39, 0.29) is 43.9 Å². The van der Waals surface area contributed by atoms with E-state index < -0.39 is 29.3 Å². The first-order chi connectivity index (χ1) is 18.3. The molecule has 39 heavy (non-hydrogen) atoms. The summed E-state index contributed by atoms with van der Waals surface area (Å²) in [4.78, 5) is 11.3. The molecule has 2 aromatic carbocycles. The van der Waals surface area contributed by atoms with Crippen molar-refractivity contribution in [3.8, 4) is 11.1 Å². The number of pyridine rings is 2. The van der Waals surface area contributed by atoms with Gasteiger partial charge >= 0.3 is 12.4 Å². The number of benzene rings is 2. The van der Waals surface area contributed by atoms with Gasteiger partial charge in [0.25, 0.3) is 0 Å². The van der Waals surface area contributed by atoms with Crippen LogP contribution in [-0.2, 0) is 25.0 Å². The molecule has 5 aromatic rings. The lowest BCUT2D eigenvalue weighted by molar-refractivity contribution is -0.141. The van der Waals surface area contributed by atoms with E-state index in [4.69, 9.17) is 11.6 Å². The Morgan fingerprint density at radius 3 is 2.10 bits per heavy atom. The quantitative estimate of drug-likeness (QED) is 0.239. The average Bonchev–Trinajstić information content (AvgIpc) is 3.34. The molecule has 5 nitrogen and oxygen atoms in total. The molecule has 0 aliphatic heterocycles. The van der Waals surface area contributed by atoms with Gasteiger partial charge in [-0.3, -0.25) is 4.98 Å². The highest BCUT2D eigenvalue weighted by molar-refractivity contribution is 6.38. The Hall–Kier alpha value is -3.96. The fraction of sp³-hybridized carbons (Fsp3) is 0.148. The third-order valence-electron chi connectivity index (χ3n) is 6.33. The highest BCUT2D eigenvalue weighted by Crippen LogP contribution is 2.45. The van der Waals surface area contributed by atoms with Gasteiger partial charge in [0.05, 0.1) is 28.8 Å². The third-order valence-corrected chi connectivity index (χ3v) is 6.72. The van der Waals surface area contributed by atoms with E-state index in [0.717, 1.165) is 18.3 Å². The van der Waals surface area contributed by atoms with Crippen LogP contribution in [0.2, 0.25) is 5.02 Å². The number of rotatable bonds is 4. The zero-order valence-electron chi connectivity index (χ0n) is 19.9. The third kappa shape index (κ3) is 4.61. The summed E-state index contributed by atoms with van der Waals surface area (Å²) in [6.07, 6.45) is -5.92. The predicted molar refractivity (Wildman–Crippen MR) is 132 cm³/mol. The molecule has 0 fully saturated rings. The van der Waals surface area contributed by atoms with Gasteiger partial charge in [0.2, 0.25) is 0 Å². The Balaban J connectivity index is 1.78. The highest BCUT2D eigenvalue weighted by Gasteiger charge is 2.41. The lowest BCUT2D eigenvalue weighted by Crippen LogP contribution is -2.31. The second-order valence-corrected chi connectivity index (χ2v) is 9.15. The fourth-order valence-corrected chi connectivity index (χ4v) is 4.82. The van der Waals surface area contributed by atoms with Crippen molar-refractivity contribution in [2.24, 2.45) is 7.05 Å². The van der Waals surface area contributed by atoms with E-state index in [0.29, 0.717) is 0 Å². The largest absolute Gasteiger partial charge is 0.434 e. The predicted octanol–water partition coefficient (Wildman–Crippen LogP) is 7.01. The van der Waals surface area contributed by atoms with Gasteiger partial charge in [0, 0.05) is 29.8 Å². The second kappa shape index (κ2) is 9.35. The molecule has 3 aromatic heterocycles. The van der Waals surface area contributed by atoms with Crippen LogP contribution in [0.1, 0.15) is 28.2 Å². The maximum absolute atomic E-state index is 14.0. The van der Waals surface area contributed by atoms with Crippen LogP contribution in [0.15, 0.2) is 79.4 Å². The minimum atomic E-state index is -4.82. The number of imidazole rings is 1. The first kappa shape index (κ1) is 26.6. The summed E-state index contributed by atoms with van der Waals surface area (Å²) < 4.78 is 83.0. The molecule has 0 bridgehead atoms. The van der Waals surface area contributed by atoms with E-state index in [9.17, 15) is 31.4 Å². The lowest BCUT2D eigenvalue weighted by Gasteiger charge is -2.30. The number of nitrogens with zero attached hydrogens (tertiary/aromatic N) is 4. The maximum atomic E-state index is 14.0. The van der Waals surface area contributed by atoms with Crippen molar-refractivity contribution in [1.82, 2.24) is 19.5 Å². The van der Waals surface area contributed by atoms with Crippen LogP contribution in [-0.4, -0.2) is 24.6 Å². The zero-order valence-corrected chi connectivity index (χ0v) is 20.6. The summed E-state index contributed by atoms with van der Waals surface area (Å²) in [5.74, 6) is 0. The van der Waals surface area contributed by atoms with E-state index in [1.807, 2.05) is 0 Å². The molecule has 1 atom stereocenters. The lowest BCUT2D eigenvalue weighted by atomic mass is 9.83. The summed E-state index contributed by atoms with van der Waals surface area (Å²) in [7, 11) is 1.57. The number of halogens is 7.